The van der Waals surface area contributed by atoms with Crippen LogP contribution in [0.25, 0.3) is 22.2 Å². The van der Waals surface area contributed by atoms with Crippen molar-refractivity contribution in [3.63, 3.8) is 0 Å². The van der Waals surface area contributed by atoms with E-state index in [0.717, 1.165) is 30.2 Å². The highest BCUT2D eigenvalue weighted by Crippen LogP contribution is 2.33. The van der Waals surface area contributed by atoms with E-state index in [-0.39, 0.29) is 11.8 Å². The van der Waals surface area contributed by atoms with E-state index in [9.17, 15) is 14.7 Å². The second-order valence-corrected chi connectivity index (χ2v) is 6.72. The Bertz CT molecular complexity index is 1050. The molecule has 28 heavy (non-hydrogen) atoms. The van der Waals surface area contributed by atoms with Gasteiger partial charge in [-0.3, -0.25) is 0 Å². The van der Waals surface area contributed by atoms with Crippen molar-refractivity contribution in [3.05, 3.63) is 53.6 Å². The molecule has 0 bridgehead atoms. The fourth-order valence-corrected chi connectivity index (χ4v) is 3.53. The first-order chi connectivity index (χ1) is 13.6. The molecule has 1 atom stereocenters. The standard InChI is InChI=1S/C21H20N2O5/c1-27-21(26)15-8-9-17-16(12-15)19(13-5-4-6-14(11-13)20(24)25)22-23(17)18-7-2-3-10-28-18/h4-6,8-9,11-12,18H,2-3,7,10H2,1H3,(H,24,25). The number of carbonyl (C=O) groups is 2. The maximum atomic E-state index is 12.0. The summed E-state index contributed by atoms with van der Waals surface area (Å²) in [5.41, 5.74) is 2.70. The molecule has 2 aromatic carbocycles. The van der Waals surface area contributed by atoms with E-state index in [2.05, 4.69) is 0 Å². The van der Waals surface area contributed by atoms with Gasteiger partial charge in [-0.05, 0) is 49.6 Å². The summed E-state index contributed by atoms with van der Waals surface area (Å²) in [6, 6.07) is 11.9. The SMILES string of the molecule is COC(=O)c1ccc2c(c1)c(-c1cccc(C(=O)O)c1)nn2C1CCCCO1. The van der Waals surface area contributed by atoms with Crippen molar-refractivity contribution in [2.45, 2.75) is 25.5 Å². The molecule has 1 saturated heterocycles. The van der Waals surface area contributed by atoms with E-state index >= 15 is 0 Å². The van der Waals surface area contributed by atoms with E-state index in [4.69, 9.17) is 14.6 Å². The van der Waals surface area contributed by atoms with Crippen LogP contribution in [0.4, 0.5) is 0 Å². The highest BCUT2D eigenvalue weighted by atomic mass is 16.5. The van der Waals surface area contributed by atoms with E-state index in [1.165, 1.54) is 13.2 Å². The van der Waals surface area contributed by atoms with Crippen molar-refractivity contribution in [2.24, 2.45) is 0 Å². The highest BCUT2D eigenvalue weighted by molar-refractivity contribution is 6.00. The normalized spacial score (nSPS) is 16.8. The van der Waals surface area contributed by atoms with Crippen LogP contribution in [0, 0.1) is 0 Å². The van der Waals surface area contributed by atoms with Gasteiger partial charge in [0.25, 0.3) is 0 Å². The van der Waals surface area contributed by atoms with Gasteiger partial charge in [0.05, 0.1) is 23.8 Å². The molecular weight excluding hydrogens is 360 g/mol. The topological polar surface area (TPSA) is 90.7 Å². The zero-order chi connectivity index (χ0) is 19.7. The number of aromatic carboxylic acids is 1. The van der Waals surface area contributed by atoms with Gasteiger partial charge < -0.3 is 14.6 Å². The second-order valence-electron chi connectivity index (χ2n) is 6.72. The Hall–Kier alpha value is -3.19. The molecule has 1 aromatic heterocycles. The van der Waals surface area contributed by atoms with Crippen LogP contribution in [0.1, 0.15) is 46.2 Å². The number of hydrogen-bond donors (Lipinski definition) is 1. The van der Waals surface area contributed by atoms with Crippen LogP contribution >= 0.6 is 0 Å². The summed E-state index contributed by atoms with van der Waals surface area (Å²) < 4.78 is 12.6. The van der Waals surface area contributed by atoms with Crippen LogP contribution in [0.3, 0.4) is 0 Å². The number of nitrogens with zero attached hydrogens (tertiary/aromatic N) is 2. The molecule has 2 heterocycles. The average molecular weight is 380 g/mol. The summed E-state index contributed by atoms with van der Waals surface area (Å²) in [5, 5.41) is 14.8. The smallest absolute Gasteiger partial charge is 0.337 e. The van der Waals surface area contributed by atoms with Gasteiger partial charge in [0.1, 0.15) is 5.69 Å². The molecule has 1 aliphatic heterocycles. The van der Waals surface area contributed by atoms with Crippen molar-refractivity contribution in [1.82, 2.24) is 9.78 Å². The van der Waals surface area contributed by atoms with E-state index < -0.39 is 11.9 Å². The highest BCUT2D eigenvalue weighted by Gasteiger charge is 2.23. The molecule has 0 saturated carbocycles. The molecule has 0 aliphatic carbocycles. The molecule has 0 spiro atoms. The van der Waals surface area contributed by atoms with Crippen molar-refractivity contribution in [1.29, 1.82) is 0 Å². The lowest BCUT2D eigenvalue weighted by molar-refractivity contribution is -0.0365. The molecule has 144 valence electrons. The fraction of sp³-hybridized carbons (Fsp3) is 0.286. The molecule has 1 unspecified atom stereocenters. The maximum absolute atomic E-state index is 12.0. The molecule has 1 aliphatic rings. The molecule has 0 amide bonds. The van der Waals surface area contributed by atoms with Gasteiger partial charge >= 0.3 is 11.9 Å². The Morgan fingerprint density at radius 2 is 2.04 bits per heavy atom. The summed E-state index contributed by atoms with van der Waals surface area (Å²) >= 11 is 0. The van der Waals surface area contributed by atoms with Gasteiger partial charge in [0, 0.05) is 17.6 Å². The molecule has 7 nitrogen and oxygen atoms in total. The van der Waals surface area contributed by atoms with Crippen LogP contribution in [-0.2, 0) is 9.47 Å². The molecule has 4 rings (SSSR count). The van der Waals surface area contributed by atoms with Gasteiger partial charge in [-0.2, -0.15) is 5.10 Å². The summed E-state index contributed by atoms with van der Waals surface area (Å²) in [6.45, 7) is 0.677. The molecular formula is C21H20N2O5. The number of esters is 1. The van der Waals surface area contributed by atoms with Crippen LogP contribution < -0.4 is 0 Å². The van der Waals surface area contributed by atoms with Gasteiger partial charge in [0.2, 0.25) is 0 Å². The maximum Gasteiger partial charge on any atom is 0.337 e. The minimum Gasteiger partial charge on any atom is -0.478 e. The number of methoxy groups -OCH3 is 1. The van der Waals surface area contributed by atoms with Crippen molar-refractivity contribution >= 4 is 22.8 Å². The lowest BCUT2D eigenvalue weighted by Gasteiger charge is -2.23. The van der Waals surface area contributed by atoms with Gasteiger partial charge in [0.15, 0.2) is 6.23 Å². The number of benzene rings is 2. The van der Waals surface area contributed by atoms with Gasteiger partial charge in [-0.1, -0.05) is 12.1 Å². The largest absolute Gasteiger partial charge is 0.478 e. The third kappa shape index (κ3) is 3.25. The molecule has 1 N–H and O–H groups in total. The zero-order valence-corrected chi connectivity index (χ0v) is 15.4. The number of carboxylic acids is 1. The molecule has 7 heteroatoms. The van der Waals surface area contributed by atoms with Gasteiger partial charge in [-0.25, -0.2) is 14.3 Å². The summed E-state index contributed by atoms with van der Waals surface area (Å²) in [5.74, 6) is -1.44. The monoisotopic (exact) mass is 380 g/mol. The lowest BCUT2D eigenvalue weighted by atomic mass is 10.0. The van der Waals surface area contributed by atoms with Crippen LogP contribution in [-0.4, -0.2) is 40.5 Å². The number of aromatic nitrogens is 2. The third-order valence-corrected chi connectivity index (χ3v) is 4.94. The lowest BCUT2D eigenvalue weighted by Crippen LogP contribution is -2.19. The fourth-order valence-electron chi connectivity index (χ4n) is 3.53. The first-order valence-electron chi connectivity index (χ1n) is 9.14. The predicted octanol–water partition coefficient (Wildman–Crippen LogP) is 3.89. The first-order valence-corrected chi connectivity index (χ1v) is 9.14. The summed E-state index contributed by atoms with van der Waals surface area (Å²) in [6.07, 6.45) is 2.74. The second kappa shape index (κ2) is 7.44. The van der Waals surface area contributed by atoms with E-state index in [1.807, 2.05) is 16.8 Å². The third-order valence-electron chi connectivity index (χ3n) is 4.94. The quantitative estimate of drug-likeness (QED) is 0.691. The van der Waals surface area contributed by atoms with Crippen LogP contribution in [0.15, 0.2) is 42.5 Å². The number of ether oxygens (including phenoxy) is 2. The van der Waals surface area contributed by atoms with Crippen molar-refractivity contribution in [2.75, 3.05) is 13.7 Å². The van der Waals surface area contributed by atoms with Crippen molar-refractivity contribution in [3.8, 4) is 11.3 Å². The summed E-state index contributed by atoms with van der Waals surface area (Å²) in [4.78, 5) is 23.4. The van der Waals surface area contributed by atoms with Crippen molar-refractivity contribution < 1.29 is 24.2 Å². The number of rotatable bonds is 4. The Morgan fingerprint density at radius 3 is 2.75 bits per heavy atom. The molecule has 3 aromatic rings. The minimum atomic E-state index is -1.00. The first kappa shape index (κ1) is 18.2. The Kier molecular flexibility index (Phi) is 4.83. The summed E-state index contributed by atoms with van der Waals surface area (Å²) in [7, 11) is 1.34. The Morgan fingerprint density at radius 1 is 1.18 bits per heavy atom. The average Bonchev–Trinajstić information content (AvgIpc) is 3.12. The number of hydrogen-bond acceptors (Lipinski definition) is 5. The van der Waals surface area contributed by atoms with E-state index in [1.54, 1.807) is 24.3 Å². The Labute approximate surface area is 161 Å². The molecule has 1 fully saturated rings. The molecule has 0 radical (unpaired) electrons. The predicted molar refractivity (Wildman–Crippen MR) is 102 cm³/mol. The number of carboxylic acid groups (broad SMARTS) is 1. The Balaban J connectivity index is 1.91. The van der Waals surface area contributed by atoms with Crippen LogP contribution in [0.2, 0.25) is 0 Å². The number of carbonyl (C=O) groups excluding carboxylic acids is 1. The van der Waals surface area contributed by atoms with Gasteiger partial charge in [-0.15, -0.1) is 0 Å². The van der Waals surface area contributed by atoms with E-state index in [0.29, 0.717) is 23.4 Å². The van der Waals surface area contributed by atoms with Crippen LogP contribution in [0.5, 0.6) is 0 Å². The minimum absolute atomic E-state index is 0.179. The number of fused-ring (bicyclic) bond motifs is 1. The zero-order valence-electron chi connectivity index (χ0n) is 15.4.